The first-order valence-electron chi connectivity index (χ1n) is 24.9. The van der Waals surface area contributed by atoms with Crippen LogP contribution in [0.4, 0.5) is 11.4 Å². The Morgan fingerprint density at radius 2 is 1.18 bits per heavy atom. The molecule has 0 fully saturated rings. The highest BCUT2D eigenvalue weighted by Crippen LogP contribution is 2.54. The number of carboxylic acids is 1. The molecular formula is C52H64N2O21S5. The van der Waals surface area contributed by atoms with Gasteiger partial charge in [0.25, 0.3) is 40.5 Å². The van der Waals surface area contributed by atoms with Crippen LogP contribution >= 0.6 is 0 Å². The summed E-state index contributed by atoms with van der Waals surface area (Å²) in [6.45, 7) is 4.97. The van der Waals surface area contributed by atoms with E-state index in [1.54, 1.807) is 60.1 Å². The Morgan fingerprint density at radius 1 is 0.625 bits per heavy atom. The molecule has 2 aliphatic heterocycles. The molecule has 0 aromatic heterocycles. The first kappa shape index (κ1) is 63.9. The molecule has 0 radical (unpaired) electrons. The van der Waals surface area contributed by atoms with Crippen molar-refractivity contribution in [2.45, 2.75) is 89.2 Å². The van der Waals surface area contributed by atoms with Gasteiger partial charge in [0, 0.05) is 86.7 Å². The Kier molecular flexibility index (Phi) is 20.7. The molecule has 438 valence electrons. The molecule has 80 heavy (non-hydrogen) atoms. The summed E-state index contributed by atoms with van der Waals surface area (Å²) in [6, 6.07) is 9.34. The molecule has 0 aliphatic carbocycles. The molecule has 5 N–H and O–H groups in total. The van der Waals surface area contributed by atoms with Gasteiger partial charge in [-0.05, 0) is 104 Å². The Morgan fingerprint density at radius 3 is 1.74 bits per heavy atom. The average molecular weight is 1210 g/mol. The van der Waals surface area contributed by atoms with E-state index in [1.807, 2.05) is 11.8 Å². The third-order valence-electron chi connectivity index (χ3n) is 14.0. The molecule has 23 nitrogen and oxygen atoms in total. The Labute approximate surface area is 465 Å². The second-order valence-corrected chi connectivity index (χ2v) is 26.6. The summed E-state index contributed by atoms with van der Waals surface area (Å²) in [5.74, 6) is -1.60. The van der Waals surface area contributed by atoms with E-state index in [2.05, 4.69) is 0 Å². The fourth-order valence-electron chi connectivity index (χ4n) is 10.4. The number of hydrogen-bond donors (Lipinski definition) is 5. The highest BCUT2D eigenvalue weighted by molar-refractivity contribution is 7.87. The highest BCUT2D eigenvalue weighted by Gasteiger charge is 2.49. The van der Waals surface area contributed by atoms with Crippen LogP contribution in [-0.4, -0.2) is 159 Å². The van der Waals surface area contributed by atoms with Crippen molar-refractivity contribution in [1.82, 2.24) is 0 Å². The van der Waals surface area contributed by atoms with Crippen molar-refractivity contribution < 1.29 is 98.3 Å². The fraction of sp³-hybridized carbons (Fsp3) is 0.423. The normalized spacial score (nSPS) is 18.8. The monoisotopic (exact) mass is 1210 g/mol. The van der Waals surface area contributed by atoms with Gasteiger partial charge in [-0.2, -0.15) is 38.2 Å². The first-order valence-corrected chi connectivity index (χ1v) is 32.3. The van der Waals surface area contributed by atoms with E-state index in [9.17, 15) is 74.8 Å². The van der Waals surface area contributed by atoms with Crippen LogP contribution in [-0.2, 0) is 85.2 Å². The summed E-state index contributed by atoms with van der Waals surface area (Å²) in [4.78, 5) is 10.0. The van der Waals surface area contributed by atoms with Gasteiger partial charge in [-0.3, -0.25) is 23.0 Å². The van der Waals surface area contributed by atoms with Gasteiger partial charge in [-0.1, -0.05) is 42.9 Å². The van der Waals surface area contributed by atoms with Crippen LogP contribution in [0.5, 0.6) is 0 Å². The van der Waals surface area contributed by atoms with Gasteiger partial charge in [0.05, 0.1) is 52.3 Å². The third-order valence-corrected chi connectivity index (χ3v) is 18.2. The van der Waals surface area contributed by atoms with Crippen molar-refractivity contribution in [3.8, 4) is 0 Å². The van der Waals surface area contributed by atoms with Gasteiger partial charge in [0.1, 0.15) is 21.6 Å². The standard InChI is InChI=1S/C52H64N2O21S5/c1-51(21-25-74-29-27-72-3)46(53(23-12-8-11-16-48(55)56)42-19-17-38-40(49(42)51)32-36(77(60,61)62)34-44(38)79(66,67)68)14-9-6-5-7-10-15-47-52(2,22-26-75-30-28-73-4)50-41-33-37(78(63,64)65)35-45(80(69,70)71)39(41)18-20-43(50)54(47)24-13-31-76(57,58)59/h5-7,9-10,14-15,17-20,32-35H,8,11-13,16,21-31H2,1-4H3,(H5-,55,56,57,58,59,60,61,62,63,64,65,66,67,68,69,70,71). The summed E-state index contributed by atoms with van der Waals surface area (Å²) in [7, 11) is -22.0. The summed E-state index contributed by atoms with van der Waals surface area (Å²) in [6.07, 6.45) is 13.4. The van der Waals surface area contributed by atoms with Crippen molar-refractivity contribution in [3.05, 3.63) is 108 Å². The van der Waals surface area contributed by atoms with Crippen LogP contribution in [0.25, 0.3) is 21.5 Å². The maximum absolute atomic E-state index is 12.8. The number of allylic oxidation sites excluding steroid dienone is 8. The number of fused-ring (bicyclic) bond motifs is 6. The zero-order valence-corrected chi connectivity index (χ0v) is 48.3. The number of methoxy groups -OCH3 is 2. The van der Waals surface area contributed by atoms with Crippen LogP contribution in [0.3, 0.4) is 0 Å². The van der Waals surface area contributed by atoms with Crippen molar-refractivity contribution in [2.75, 3.05) is 77.6 Å². The number of nitrogens with zero attached hydrogens (tertiary/aromatic N) is 2. The minimum atomic E-state index is -5.31. The highest BCUT2D eigenvalue weighted by atomic mass is 32.2. The van der Waals surface area contributed by atoms with Crippen LogP contribution in [0.15, 0.2) is 116 Å². The van der Waals surface area contributed by atoms with Gasteiger partial charge >= 0.3 is 5.97 Å². The van der Waals surface area contributed by atoms with Crippen molar-refractivity contribution in [2.24, 2.45) is 0 Å². The van der Waals surface area contributed by atoms with Crippen LogP contribution < -0.4 is 4.90 Å². The molecule has 4 aromatic carbocycles. The number of carbonyl (C=O) groups is 1. The zero-order valence-electron chi connectivity index (χ0n) is 44.2. The second-order valence-electron chi connectivity index (χ2n) is 19.4. The summed E-state index contributed by atoms with van der Waals surface area (Å²) in [5, 5.41) is 9.23. The number of ether oxygens (including phenoxy) is 4. The van der Waals surface area contributed by atoms with Crippen LogP contribution in [0.1, 0.15) is 69.9 Å². The largest absolute Gasteiger partial charge is 0.744 e. The molecule has 0 bridgehead atoms. The molecule has 4 aromatic rings. The van der Waals surface area contributed by atoms with Gasteiger partial charge in [-0.15, -0.1) is 0 Å². The molecule has 6 rings (SSSR count). The molecule has 2 aliphatic rings. The lowest BCUT2D eigenvalue weighted by Gasteiger charge is -2.31. The van der Waals surface area contributed by atoms with Crippen molar-refractivity contribution in [1.29, 1.82) is 0 Å². The van der Waals surface area contributed by atoms with Crippen LogP contribution in [0, 0.1) is 0 Å². The topological polar surface area (TPSA) is 355 Å². The average Bonchev–Trinajstić information content (AvgIpc) is 3.51. The maximum atomic E-state index is 12.8. The van der Waals surface area contributed by atoms with Gasteiger partial charge in [0.15, 0.2) is 5.71 Å². The van der Waals surface area contributed by atoms with E-state index in [0.29, 0.717) is 71.9 Å². The molecule has 2 heterocycles. The quantitative estimate of drug-likeness (QED) is 0.0164. The van der Waals surface area contributed by atoms with E-state index >= 15 is 0 Å². The van der Waals surface area contributed by atoms with Crippen molar-refractivity contribution in [3.63, 3.8) is 0 Å². The number of rotatable bonds is 30. The summed E-state index contributed by atoms with van der Waals surface area (Å²) in [5.41, 5.74) is 0.510. The van der Waals surface area contributed by atoms with E-state index in [1.165, 1.54) is 32.4 Å². The maximum Gasteiger partial charge on any atom is 0.303 e. The Balaban J connectivity index is 1.49. The second kappa shape index (κ2) is 25.9. The lowest BCUT2D eigenvalue weighted by atomic mass is 9.75. The predicted octanol–water partition coefficient (Wildman–Crippen LogP) is 6.35. The van der Waals surface area contributed by atoms with Crippen molar-refractivity contribution >= 4 is 95.2 Å². The summed E-state index contributed by atoms with van der Waals surface area (Å²) >= 11 is 0. The first-order chi connectivity index (χ1) is 37.4. The van der Waals surface area contributed by atoms with Crippen LogP contribution in [0.2, 0.25) is 0 Å². The third kappa shape index (κ3) is 15.0. The molecular weight excluding hydrogens is 1150 g/mol. The molecule has 2 atom stereocenters. The molecule has 0 spiro atoms. The lowest BCUT2D eigenvalue weighted by molar-refractivity contribution is -0.437. The molecule has 0 saturated carbocycles. The number of carboxylic acid groups (broad SMARTS) is 1. The minimum absolute atomic E-state index is 0.0268. The molecule has 0 saturated heterocycles. The van der Waals surface area contributed by atoms with Gasteiger partial charge in [0.2, 0.25) is 5.69 Å². The number of benzene rings is 4. The van der Waals surface area contributed by atoms with E-state index in [-0.39, 0.29) is 93.4 Å². The molecule has 28 heteroatoms. The number of anilines is 1. The fourth-order valence-corrected chi connectivity index (χ4v) is 13.5. The zero-order chi connectivity index (χ0) is 59.1. The molecule has 0 amide bonds. The Bertz CT molecular complexity index is 3760. The Hall–Kier alpha value is -5.31. The van der Waals surface area contributed by atoms with Gasteiger partial charge in [-0.25, -0.2) is 8.42 Å². The predicted molar refractivity (Wildman–Crippen MR) is 294 cm³/mol. The van der Waals surface area contributed by atoms with E-state index in [4.69, 9.17) is 18.9 Å². The number of aliphatic carboxylic acids is 1. The smallest absolute Gasteiger partial charge is 0.303 e. The SMILES string of the molecule is COCCOCCC1(C)C(/C=C/C=C/C=C/C=C2/N(CCCCCC(=O)O)c3ccc4c(S(=O)(=O)[O-])cc(S(=O)(=O)O)cc4c3C2(C)CCOCCOC)=[N+](CCCS(=O)(=O)O)c2ccc3c(S(=O)(=O)O)cc(S(=O)(=O)O)cc3c21. The van der Waals surface area contributed by atoms with E-state index < -0.39 is 92.7 Å². The van der Waals surface area contributed by atoms with E-state index in [0.717, 1.165) is 12.1 Å². The number of unbranched alkanes of at least 4 members (excludes halogenated alkanes) is 2. The van der Waals surface area contributed by atoms with Gasteiger partial charge < -0.3 is 33.5 Å². The lowest BCUT2D eigenvalue weighted by Crippen LogP contribution is -2.33. The minimum Gasteiger partial charge on any atom is -0.744 e. The number of hydrogen-bond acceptors (Lipinski definition) is 17. The summed E-state index contributed by atoms with van der Waals surface area (Å²) < 4.78 is 202. The molecule has 2 unspecified atom stereocenters.